The van der Waals surface area contributed by atoms with Crippen molar-refractivity contribution in [2.24, 2.45) is 0 Å². The number of nitro groups is 1. The largest absolute Gasteiger partial charge is 0.487 e. The summed E-state index contributed by atoms with van der Waals surface area (Å²) >= 11 is 5.27. The predicted octanol–water partition coefficient (Wildman–Crippen LogP) is 6.62. The standard InChI is InChI=1S/C24H16I2N2O5S/c25-18-10-17(22(20(26)12-18)33-14-16-4-2-1-3-5-16)11-21-23(29)27(24(30)34-21)13-15-6-8-19(9-7-15)28(31)32/h1-12H,13-14H2/b21-11+. The molecule has 1 fully saturated rings. The number of amides is 2. The number of ether oxygens (including phenoxy) is 1. The maximum atomic E-state index is 13.0. The molecule has 7 nitrogen and oxygen atoms in total. The van der Waals surface area contributed by atoms with Crippen molar-refractivity contribution in [3.05, 3.63) is 106 Å². The molecule has 3 aromatic carbocycles. The van der Waals surface area contributed by atoms with Gasteiger partial charge in [-0.1, -0.05) is 42.5 Å². The highest BCUT2D eigenvalue weighted by molar-refractivity contribution is 14.1. The Morgan fingerprint density at radius 3 is 2.38 bits per heavy atom. The Morgan fingerprint density at radius 2 is 1.71 bits per heavy atom. The topological polar surface area (TPSA) is 89.8 Å². The van der Waals surface area contributed by atoms with Gasteiger partial charge in [-0.2, -0.15) is 0 Å². The van der Waals surface area contributed by atoms with Gasteiger partial charge in [0.25, 0.3) is 16.8 Å². The van der Waals surface area contributed by atoms with E-state index < -0.39 is 10.8 Å². The van der Waals surface area contributed by atoms with E-state index in [1.807, 2.05) is 42.5 Å². The molecule has 1 saturated heterocycles. The van der Waals surface area contributed by atoms with E-state index in [1.54, 1.807) is 18.2 Å². The van der Waals surface area contributed by atoms with Gasteiger partial charge in [0.1, 0.15) is 12.4 Å². The zero-order valence-corrected chi connectivity index (χ0v) is 22.6. The first kappa shape index (κ1) is 24.7. The molecule has 0 radical (unpaired) electrons. The molecular weight excluding hydrogens is 682 g/mol. The summed E-state index contributed by atoms with van der Waals surface area (Å²) in [5.41, 5.74) is 2.32. The number of imide groups is 1. The minimum atomic E-state index is -0.493. The molecule has 10 heteroatoms. The van der Waals surface area contributed by atoms with Crippen LogP contribution in [0.4, 0.5) is 10.5 Å². The van der Waals surface area contributed by atoms with Crippen molar-refractivity contribution in [2.75, 3.05) is 0 Å². The van der Waals surface area contributed by atoms with Crippen LogP contribution in [0, 0.1) is 17.3 Å². The Kier molecular flexibility index (Phi) is 7.88. The highest BCUT2D eigenvalue weighted by Crippen LogP contribution is 2.37. The number of hydrogen-bond donors (Lipinski definition) is 0. The van der Waals surface area contributed by atoms with E-state index in [-0.39, 0.29) is 17.5 Å². The highest BCUT2D eigenvalue weighted by atomic mass is 127. The summed E-state index contributed by atoms with van der Waals surface area (Å²) in [4.78, 5) is 37.4. The first-order valence-electron chi connectivity index (χ1n) is 9.96. The van der Waals surface area contributed by atoms with Gasteiger partial charge in [0.2, 0.25) is 0 Å². The molecule has 1 aliphatic rings. The van der Waals surface area contributed by atoms with Crippen molar-refractivity contribution in [2.45, 2.75) is 13.2 Å². The van der Waals surface area contributed by atoms with E-state index in [9.17, 15) is 19.7 Å². The molecular formula is C24H16I2N2O5S. The number of benzene rings is 3. The van der Waals surface area contributed by atoms with Crippen molar-refractivity contribution < 1.29 is 19.2 Å². The molecule has 0 aromatic heterocycles. The van der Waals surface area contributed by atoms with Gasteiger partial charge < -0.3 is 4.74 Å². The minimum Gasteiger partial charge on any atom is -0.487 e. The van der Waals surface area contributed by atoms with Gasteiger partial charge in [0.15, 0.2) is 0 Å². The van der Waals surface area contributed by atoms with Crippen LogP contribution >= 0.6 is 56.9 Å². The van der Waals surface area contributed by atoms with E-state index >= 15 is 0 Å². The lowest BCUT2D eigenvalue weighted by Crippen LogP contribution is -2.27. The monoisotopic (exact) mass is 698 g/mol. The number of hydrogen-bond acceptors (Lipinski definition) is 6. The summed E-state index contributed by atoms with van der Waals surface area (Å²) < 4.78 is 7.98. The normalized spacial score (nSPS) is 14.6. The summed E-state index contributed by atoms with van der Waals surface area (Å²) in [6.07, 6.45) is 1.69. The lowest BCUT2D eigenvalue weighted by atomic mass is 10.1. The number of halogens is 2. The molecule has 0 bridgehead atoms. The second kappa shape index (κ2) is 10.9. The number of rotatable bonds is 7. The molecule has 1 aliphatic heterocycles. The van der Waals surface area contributed by atoms with Gasteiger partial charge in [0.05, 0.1) is 19.9 Å². The molecule has 3 aromatic rings. The van der Waals surface area contributed by atoms with Crippen LogP contribution in [0.3, 0.4) is 0 Å². The first-order valence-corrected chi connectivity index (χ1v) is 12.9. The molecule has 4 rings (SSSR count). The molecule has 0 unspecified atom stereocenters. The Morgan fingerprint density at radius 1 is 1.00 bits per heavy atom. The van der Waals surface area contributed by atoms with E-state index in [0.29, 0.717) is 28.4 Å². The summed E-state index contributed by atoms with van der Waals surface area (Å²) in [7, 11) is 0. The number of carbonyl (C=O) groups excluding carboxylic acids is 2. The maximum absolute atomic E-state index is 13.0. The zero-order valence-electron chi connectivity index (χ0n) is 17.4. The van der Waals surface area contributed by atoms with Gasteiger partial charge in [-0.3, -0.25) is 24.6 Å². The third kappa shape index (κ3) is 5.78. The van der Waals surface area contributed by atoms with E-state index in [1.165, 1.54) is 12.1 Å². The van der Waals surface area contributed by atoms with Crippen molar-refractivity contribution in [1.29, 1.82) is 0 Å². The van der Waals surface area contributed by atoms with Crippen molar-refractivity contribution in [3.8, 4) is 5.75 Å². The molecule has 0 spiro atoms. The lowest BCUT2D eigenvalue weighted by Gasteiger charge is -2.13. The third-order valence-electron chi connectivity index (χ3n) is 4.91. The number of thioether (sulfide) groups is 1. The van der Waals surface area contributed by atoms with Gasteiger partial charge in [0, 0.05) is 21.3 Å². The fourth-order valence-electron chi connectivity index (χ4n) is 3.25. The summed E-state index contributed by atoms with van der Waals surface area (Å²) in [6, 6.07) is 19.5. The van der Waals surface area contributed by atoms with Gasteiger partial charge >= 0.3 is 0 Å². The number of nitrogens with zero attached hydrogens (tertiary/aromatic N) is 2. The number of carbonyl (C=O) groups is 2. The average Bonchev–Trinajstić information content (AvgIpc) is 3.07. The van der Waals surface area contributed by atoms with Crippen molar-refractivity contribution >= 4 is 79.9 Å². The molecule has 0 N–H and O–H groups in total. The van der Waals surface area contributed by atoms with E-state index in [2.05, 4.69) is 45.2 Å². The molecule has 0 aliphatic carbocycles. The smallest absolute Gasteiger partial charge is 0.293 e. The van der Waals surface area contributed by atoms with Gasteiger partial charge in [-0.05, 0) is 86.3 Å². The van der Waals surface area contributed by atoms with Crippen LogP contribution in [0.2, 0.25) is 0 Å². The minimum absolute atomic E-state index is 0.0429. The lowest BCUT2D eigenvalue weighted by molar-refractivity contribution is -0.384. The second-order valence-corrected chi connectivity index (χ2v) is 10.7. The molecule has 0 atom stereocenters. The second-order valence-electron chi connectivity index (χ2n) is 7.27. The van der Waals surface area contributed by atoms with Crippen LogP contribution < -0.4 is 4.74 Å². The molecule has 172 valence electrons. The fourth-order valence-corrected chi connectivity index (χ4v) is 6.13. The predicted molar refractivity (Wildman–Crippen MR) is 147 cm³/mol. The quantitative estimate of drug-likeness (QED) is 0.119. The average molecular weight is 698 g/mol. The van der Waals surface area contributed by atoms with Crippen LogP contribution in [0.1, 0.15) is 16.7 Å². The van der Waals surface area contributed by atoms with Gasteiger partial charge in [-0.15, -0.1) is 0 Å². The fraction of sp³-hybridized carbons (Fsp3) is 0.0833. The van der Waals surface area contributed by atoms with Crippen LogP contribution in [-0.2, 0) is 17.9 Å². The zero-order chi connectivity index (χ0) is 24.2. The SMILES string of the molecule is O=C1S/C(=C/c2cc(I)cc(I)c2OCc2ccccc2)C(=O)N1Cc1ccc([N+](=O)[O-])cc1. The Labute approximate surface area is 227 Å². The van der Waals surface area contributed by atoms with Crippen molar-refractivity contribution in [3.63, 3.8) is 0 Å². The van der Waals surface area contributed by atoms with Crippen molar-refractivity contribution in [1.82, 2.24) is 4.90 Å². The van der Waals surface area contributed by atoms with Crippen LogP contribution in [-0.4, -0.2) is 21.0 Å². The molecule has 1 heterocycles. The Bertz CT molecular complexity index is 1300. The third-order valence-corrected chi connectivity index (χ3v) is 7.24. The summed E-state index contributed by atoms with van der Waals surface area (Å²) in [5.74, 6) is 0.239. The maximum Gasteiger partial charge on any atom is 0.293 e. The summed E-state index contributed by atoms with van der Waals surface area (Å²) in [5, 5.41) is 10.5. The molecule has 34 heavy (non-hydrogen) atoms. The highest BCUT2D eigenvalue weighted by Gasteiger charge is 2.35. The van der Waals surface area contributed by atoms with Gasteiger partial charge in [-0.25, -0.2) is 0 Å². The van der Waals surface area contributed by atoms with Crippen LogP contribution in [0.5, 0.6) is 5.75 Å². The first-order chi connectivity index (χ1) is 16.3. The van der Waals surface area contributed by atoms with Crippen LogP contribution in [0.15, 0.2) is 71.6 Å². The van der Waals surface area contributed by atoms with Crippen LogP contribution in [0.25, 0.3) is 6.08 Å². The molecule has 0 saturated carbocycles. The Hall–Kier alpha value is -2.45. The van der Waals surface area contributed by atoms with E-state index in [0.717, 1.165) is 29.4 Å². The summed E-state index contributed by atoms with van der Waals surface area (Å²) in [6.45, 7) is 0.418. The Balaban J connectivity index is 1.57. The van der Waals surface area contributed by atoms with E-state index in [4.69, 9.17) is 4.74 Å². The number of nitro benzene ring substituents is 1. The molecule has 2 amide bonds. The number of non-ortho nitro benzene ring substituents is 1.